The normalized spacial score (nSPS) is 10.3. The number of rotatable bonds is 6. The van der Waals surface area contributed by atoms with Crippen molar-refractivity contribution in [2.24, 2.45) is 0 Å². The lowest BCUT2D eigenvalue weighted by atomic mass is 10.2. The van der Waals surface area contributed by atoms with Gasteiger partial charge in [0.1, 0.15) is 0 Å². The second-order valence-electron chi connectivity index (χ2n) is 4.50. The van der Waals surface area contributed by atoms with Crippen LogP contribution >= 0.6 is 0 Å². The first-order valence-corrected chi connectivity index (χ1v) is 6.94. The summed E-state index contributed by atoms with van der Waals surface area (Å²) in [7, 11) is 0. The Labute approximate surface area is 119 Å². The predicted molar refractivity (Wildman–Crippen MR) is 79.2 cm³/mol. The number of aryl methyl sites for hydroxylation is 2. The third-order valence-corrected chi connectivity index (χ3v) is 2.78. The quantitative estimate of drug-likeness (QED) is 0.873. The molecule has 0 saturated carbocycles. The fourth-order valence-electron chi connectivity index (χ4n) is 1.78. The van der Waals surface area contributed by atoms with E-state index in [-0.39, 0.29) is 0 Å². The highest BCUT2D eigenvalue weighted by Crippen LogP contribution is 2.23. The molecule has 5 nitrogen and oxygen atoms in total. The van der Waals surface area contributed by atoms with Crippen molar-refractivity contribution < 1.29 is 4.74 Å². The van der Waals surface area contributed by atoms with Gasteiger partial charge >= 0.3 is 0 Å². The second-order valence-corrected chi connectivity index (χ2v) is 4.50. The van der Waals surface area contributed by atoms with Gasteiger partial charge in [0.05, 0.1) is 5.69 Å². The molecule has 0 saturated heterocycles. The van der Waals surface area contributed by atoms with Gasteiger partial charge in [0.15, 0.2) is 5.75 Å². The molecule has 0 aliphatic carbocycles. The molecule has 0 unspecified atom stereocenters. The van der Waals surface area contributed by atoms with Crippen molar-refractivity contribution in [2.75, 3.05) is 11.9 Å². The molecule has 0 aliphatic heterocycles. The molecule has 0 fully saturated rings. The summed E-state index contributed by atoms with van der Waals surface area (Å²) in [4.78, 5) is 13.0. The van der Waals surface area contributed by atoms with E-state index in [4.69, 9.17) is 4.74 Å². The molecule has 1 N–H and O–H groups in total. The van der Waals surface area contributed by atoms with Crippen LogP contribution in [-0.4, -0.2) is 21.5 Å². The topological polar surface area (TPSA) is 59.9 Å². The third kappa shape index (κ3) is 3.66. The third-order valence-electron chi connectivity index (χ3n) is 2.78. The Morgan fingerprint density at radius 1 is 1.15 bits per heavy atom. The summed E-state index contributed by atoms with van der Waals surface area (Å²) >= 11 is 0. The van der Waals surface area contributed by atoms with Gasteiger partial charge in [-0.05, 0) is 31.9 Å². The first-order chi connectivity index (χ1) is 9.72. The maximum absolute atomic E-state index is 5.82. The lowest BCUT2D eigenvalue weighted by Gasteiger charge is -2.10. The van der Waals surface area contributed by atoms with Gasteiger partial charge in [0, 0.05) is 24.5 Å². The molecule has 106 valence electrons. The Morgan fingerprint density at radius 3 is 2.75 bits per heavy atom. The standard InChI is InChI=1S/C15H20N4O/c1-4-9-16-15-17-10-8-14(19-15)20-13-7-6-11(3)18-12(13)5-2/h6-8,10H,4-5,9H2,1-3H3,(H,16,17,19). The average Bonchev–Trinajstić information content (AvgIpc) is 2.47. The molecule has 0 amide bonds. The summed E-state index contributed by atoms with van der Waals surface area (Å²) in [5.41, 5.74) is 1.92. The number of anilines is 1. The lowest BCUT2D eigenvalue weighted by molar-refractivity contribution is 0.453. The fraction of sp³-hybridized carbons (Fsp3) is 0.400. The van der Waals surface area contributed by atoms with Gasteiger partial charge in [-0.25, -0.2) is 4.98 Å². The van der Waals surface area contributed by atoms with E-state index < -0.39 is 0 Å². The minimum atomic E-state index is 0.527. The predicted octanol–water partition coefficient (Wildman–Crippen LogP) is 3.36. The van der Waals surface area contributed by atoms with E-state index in [0.717, 1.165) is 36.5 Å². The highest BCUT2D eigenvalue weighted by molar-refractivity contribution is 5.34. The molecule has 0 radical (unpaired) electrons. The maximum atomic E-state index is 5.82. The number of ether oxygens (including phenoxy) is 1. The molecular weight excluding hydrogens is 252 g/mol. The molecule has 2 heterocycles. The minimum absolute atomic E-state index is 0.527. The largest absolute Gasteiger partial charge is 0.437 e. The summed E-state index contributed by atoms with van der Waals surface area (Å²) in [5.74, 6) is 1.86. The first kappa shape index (κ1) is 14.2. The smallest absolute Gasteiger partial charge is 0.225 e. The number of pyridine rings is 1. The van der Waals surface area contributed by atoms with E-state index in [9.17, 15) is 0 Å². The number of nitrogens with zero attached hydrogens (tertiary/aromatic N) is 3. The monoisotopic (exact) mass is 272 g/mol. The Bertz CT molecular complexity index is 572. The van der Waals surface area contributed by atoms with Gasteiger partial charge in [0.2, 0.25) is 11.8 Å². The van der Waals surface area contributed by atoms with E-state index in [1.807, 2.05) is 19.1 Å². The molecule has 0 aliphatic rings. The summed E-state index contributed by atoms with van der Waals surface area (Å²) in [5, 5.41) is 3.14. The molecule has 5 heteroatoms. The Kier molecular flexibility index (Phi) is 4.87. The number of nitrogens with one attached hydrogen (secondary N) is 1. The van der Waals surface area contributed by atoms with Crippen molar-refractivity contribution >= 4 is 5.95 Å². The van der Waals surface area contributed by atoms with Gasteiger partial charge in [0.25, 0.3) is 0 Å². The van der Waals surface area contributed by atoms with Gasteiger partial charge in [-0.15, -0.1) is 0 Å². The van der Waals surface area contributed by atoms with Crippen molar-refractivity contribution in [1.29, 1.82) is 0 Å². The first-order valence-electron chi connectivity index (χ1n) is 6.94. The van der Waals surface area contributed by atoms with Crippen LogP contribution in [0.1, 0.15) is 31.7 Å². The Balaban J connectivity index is 2.17. The van der Waals surface area contributed by atoms with Crippen LogP contribution in [0, 0.1) is 6.92 Å². The van der Waals surface area contributed by atoms with Gasteiger partial charge < -0.3 is 10.1 Å². The summed E-state index contributed by atoms with van der Waals surface area (Å²) < 4.78 is 5.82. The second kappa shape index (κ2) is 6.84. The Morgan fingerprint density at radius 2 is 2.00 bits per heavy atom. The van der Waals surface area contributed by atoms with Crippen LogP contribution in [0.15, 0.2) is 24.4 Å². The molecule has 20 heavy (non-hydrogen) atoms. The molecular formula is C15H20N4O. The zero-order chi connectivity index (χ0) is 14.4. The molecule has 2 aromatic heterocycles. The van der Waals surface area contributed by atoms with E-state index in [2.05, 4.69) is 34.1 Å². The van der Waals surface area contributed by atoms with Crippen LogP contribution in [0.3, 0.4) is 0 Å². The van der Waals surface area contributed by atoms with Crippen molar-refractivity contribution in [1.82, 2.24) is 15.0 Å². The van der Waals surface area contributed by atoms with Crippen LogP contribution in [0.2, 0.25) is 0 Å². The zero-order valence-corrected chi connectivity index (χ0v) is 12.2. The molecule has 2 rings (SSSR count). The molecule has 0 atom stereocenters. The van der Waals surface area contributed by atoms with Gasteiger partial charge in [-0.2, -0.15) is 4.98 Å². The van der Waals surface area contributed by atoms with E-state index in [1.54, 1.807) is 12.3 Å². The average molecular weight is 272 g/mol. The van der Waals surface area contributed by atoms with Gasteiger partial charge in [-0.3, -0.25) is 4.98 Å². The van der Waals surface area contributed by atoms with Gasteiger partial charge in [-0.1, -0.05) is 13.8 Å². The van der Waals surface area contributed by atoms with Crippen LogP contribution in [0.5, 0.6) is 11.6 Å². The fourth-order valence-corrected chi connectivity index (χ4v) is 1.78. The maximum Gasteiger partial charge on any atom is 0.225 e. The summed E-state index contributed by atoms with van der Waals surface area (Å²) in [6.07, 6.45) is 3.53. The number of aromatic nitrogens is 3. The SMILES string of the molecule is CCCNc1nccc(Oc2ccc(C)nc2CC)n1. The van der Waals surface area contributed by atoms with E-state index >= 15 is 0 Å². The van der Waals surface area contributed by atoms with E-state index in [0.29, 0.717) is 11.8 Å². The molecule has 2 aromatic rings. The van der Waals surface area contributed by atoms with Crippen LogP contribution < -0.4 is 10.1 Å². The Hall–Kier alpha value is -2.17. The van der Waals surface area contributed by atoms with Crippen molar-refractivity contribution in [3.8, 4) is 11.6 Å². The zero-order valence-electron chi connectivity index (χ0n) is 12.2. The molecule has 0 bridgehead atoms. The number of hydrogen-bond acceptors (Lipinski definition) is 5. The summed E-state index contributed by atoms with van der Waals surface area (Å²) in [6, 6.07) is 5.62. The van der Waals surface area contributed by atoms with Crippen molar-refractivity contribution in [2.45, 2.75) is 33.6 Å². The highest BCUT2D eigenvalue weighted by atomic mass is 16.5. The lowest BCUT2D eigenvalue weighted by Crippen LogP contribution is -2.04. The highest BCUT2D eigenvalue weighted by Gasteiger charge is 2.07. The van der Waals surface area contributed by atoms with Crippen molar-refractivity contribution in [3.63, 3.8) is 0 Å². The molecule has 0 aromatic carbocycles. The molecule has 0 spiro atoms. The van der Waals surface area contributed by atoms with Crippen LogP contribution in [-0.2, 0) is 6.42 Å². The van der Waals surface area contributed by atoms with Crippen LogP contribution in [0.25, 0.3) is 0 Å². The van der Waals surface area contributed by atoms with Crippen molar-refractivity contribution in [3.05, 3.63) is 35.8 Å². The minimum Gasteiger partial charge on any atom is -0.437 e. The summed E-state index contributed by atoms with van der Waals surface area (Å²) in [6.45, 7) is 6.97. The van der Waals surface area contributed by atoms with Crippen LogP contribution in [0.4, 0.5) is 5.95 Å². The van der Waals surface area contributed by atoms with E-state index in [1.165, 1.54) is 0 Å². The number of hydrogen-bond donors (Lipinski definition) is 1.